The Morgan fingerprint density at radius 1 is 1.28 bits per heavy atom. The standard InChI is InChI=1S/C19H19ClN4O4S/c1-23-17-15(18(26)24(2)19(23)27)16(11(8-21-17)9-28-3)29-10-14(25)22-13-6-4-5-12(20)7-13/h4-8H,9-10H2,1-3H3,(H,22,25). The predicted molar refractivity (Wildman–Crippen MR) is 114 cm³/mol. The fourth-order valence-corrected chi connectivity index (χ4v) is 4.02. The summed E-state index contributed by atoms with van der Waals surface area (Å²) in [5.41, 5.74) is 0.570. The maximum atomic E-state index is 12.8. The fourth-order valence-electron chi connectivity index (χ4n) is 2.87. The Balaban J connectivity index is 1.98. The lowest BCUT2D eigenvalue weighted by molar-refractivity contribution is -0.113. The van der Waals surface area contributed by atoms with Gasteiger partial charge in [0, 0.05) is 48.6 Å². The lowest BCUT2D eigenvalue weighted by Gasteiger charge is -2.14. The Bertz CT molecular complexity index is 1210. The molecule has 1 N–H and O–H groups in total. The second-order valence-corrected chi connectivity index (χ2v) is 7.72. The highest BCUT2D eigenvalue weighted by molar-refractivity contribution is 8.00. The number of ether oxygens (including phenoxy) is 1. The minimum Gasteiger partial charge on any atom is -0.380 e. The fraction of sp³-hybridized carbons (Fsp3) is 0.263. The number of fused-ring (bicyclic) bond motifs is 1. The third kappa shape index (κ3) is 4.36. The molecule has 8 nitrogen and oxygen atoms in total. The van der Waals surface area contributed by atoms with Crippen LogP contribution in [0.1, 0.15) is 5.56 Å². The van der Waals surface area contributed by atoms with E-state index in [9.17, 15) is 14.4 Å². The summed E-state index contributed by atoms with van der Waals surface area (Å²) >= 11 is 7.13. The van der Waals surface area contributed by atoms with E-state index in [-0.39, 0.29) is 29.3 Å². The van der Waals surface area contributed by atoms with Crippen molar-refractivity contribution in [3.05, 3.63) is 61.9 Å². The summed E-state index contributed by atoms with van der Waals surface area (Å²) in [6, 6.07) is 6.83. The molecule has 2 aromatic heterocycles. The second-order valence-electron chi connectivity index (χ2n) is 6.30. The minimum atomic E-state index is -0.468. The Kier molecular flexibility index (Phi) is 6.41. The highest BCUT2D eigenvalue weighted by Crippen LogP contribution is 2.28. The number of nitrogens with zero attached hydrogens (tertiary/aromatic N) is 3. The maximum Gasteiger partial charge on any atom is 0.332 e. The summed E-state index contributed by atoms with van der Waals surface area (Å²) < 4.78 is 7.54. The van der Waals surface area contributed by atoms with Crippen LogP contribution in [0, 0.1) is 0 Å². The van der Waals surface area contributed by atoms with Gasteiger partial charge in [0.2, 0.25) is 5.91 Å². The van der Waals surface area contributed by atoms with E-state index in [1.54, 1.807) is 37.5 Å². The average Bonchev–Trinajstić information content (AvgIpc) is 2.69. The number of methoxy groups -OCH3 is 1. The molecule has 0 spiro atoms. The number of halogens is 1. The van der Waals surface area contributed by atoms with E-state index >= 15 is 0 Å². The molecule has 0 unspecified atom stereocenters. The van der Waals surface area contributed by atoms with Crippen molar-refractivity contribution in [1.82, 2.24) is 14.1 Å². The van der Waals surface area contributed by atoms with Gasteiger partial charge in [-0.25, -0.2) is 9.78 Å². The Morgan fingerprint density at radius 2 is 2.03 bits per heavy atom. The van der Waals surface area contributed by atoms with Crippen molar-refractivity contribution < 1.29 is 9.53 Å². The van der Waals surface area contributed by atoms with Gasteiger partial charge in [0.25, 0.3) is 5.56 Å². The molecule has 2 heterocycles. The number of carbonyl (C=O) groups excluding carboxylic acids is 1. The van der Waals surface area contributed by atoms with Gasteiger partial charge in [-0.3, -0.25) is 18.7 Å². The number of aromatic nitrogens is 3. The predicted octanol–water partition coefficient (Wildman–Crippen LogP) is 2.16. The molecule has 0 aliphatic heterocycles. The van der Waals surface area contributed by atoms with Crippen molar-refractivity contribution in [1.29, 1.82) is 0 Å². The summed E-state index contributed by atoms with van der Waals surface area (Å²) in [4.78, 5) is 42.2. The number of pyridine rings is 1. The minimum absolute atomic E-state index is 0.0499. The van der Waals surface area contributed by atoms with Gasteiger partial charge in [0.1, 0.15) is 5.65 Å². The van der Waals surface area contributed by atoms with Gasteiger partial charge >= 0.3 is 5.69 Å². The van der Waals surface area contributed by atoms with Crippen molar-refractivity contribution in [3.63, 3.8) is 0 Å². The molecule has 29 heavy (non-hydrogen) atoms. The number of anilines is 1. The quantitative estimate of drug-likeness (QED) is 0.597. The average molecular weight is 435 g/mol. The van der Waals surface area contributed by atoms with E-state index in [0.717, 1.165) is 4.57 Å². The first-order valence-electron chi connectivity index (χ1n) is 8.58. The molecule has 152 valence electrons. The van der Waals surface area contributed by atoms with Crippen LogP contribution in [0.5, 0.6) is 0 Å². The number of amides is 1. The van der Waals surface area contributed by atoms with Crippen LogP contribution < -0.4 is 16.6 Å². The molecule has 3 aromatic rings. The van der Waals surface area contributed by atoms with E-state index in [1.165, 1.54) is 30.5 Å². The van der Waals surface area contributed by atoms with Crippen LogP contribution in [0.15, 0.2) is 44.9 Å². The van der Waals surface area contributed by atoms with Crippen LogP contribution in [-0.2, 0) is 30.2 Å². The number of nitrogens with one attached hydrogen (secondary N) is 1. The lowest BCUT2D eigenvalue weighted by Crippen LogP contribution is -2.37. The molecule has 0 atom stereocenters. The van der Waals surface area contributed by atoms with Crippen LogP contribution in [0.4, 0.5) is 5.69 Å². The number of rotatable bonds is 6. The van der Waals surface area contributed by atoms with Gasteiger partial charge in [-0.2, -0.15) is 0 Å². The molecule has 10 heteroatoms. The van der Waals surface area contributed by atoms with E-state index < -0.39 is 11.2 Å². The van der Waals surface area contributed by atoms with Crippen molar-refractivity contribution in [2.45, 2.75) is 11.5 Å². The summed E-state index contributed by atoms with van der Waals surface area (Å²) in [6.07, 6.45) is 1.56. The number of aryl methyl sites for hydroxylation is 1. The third-order valence-corrected chi connectivity index (χ3v) is 5.65. The van der Waals surface area contributed by atoms with Gasteiger partial charge in [-0.05, 0) is 18.2 Å². The number of hydrogen-bond donors (Lipinski definition) is 1. The molecule has 0 radical (unpaired) electrons. The molecule has 0 aliphatic rings. The largest absolute Gasteiger partial charge is 0.380 e. The highest BCUT2D eigenvalue weighted by Gasteiger charge is 2.18. The van der Waals surface area contributed by atoms with Crippen LogP contribution in [0.2, 0.25) is 5.02 Å². The van der Waals surface area contributed by atoms with Gasteiger partial charge in [-0.15, -0.1) is 11.8 Å². The summed E-state index contributed by atoms with van der Waals surface area (Å²) in [5.74, 6) is -0.207. The SMILES string of the molecule is COCc1cnc2c(c1SCC(=O)Nc1cccc(Cl)c1)c(=O)n(C)c(=O)n2C. The van der Waals surface area contributed by atoms with Crippen LogP contribution in [0.25, 0.3) is 11.0 Å². The molecular weight excluding hydrogens is 416 g/mol. The van der Waals surface area contributed by atoms with E-state index in [4.69, 9.17) is 16.3 Å². The van der Waals surface area contributed by atoms with E-state index in [1.807, 2.05) is 0 Å². The van der Waals surface area contributed by atoms with Crippen LogP contribution >= 0.6 is 23.4 Å². The number of hydrogen-bond acceptors (Lipinski definition) is 6. The first-order valence-corrected chi connectivity index (χ1v) is 9.94. The molecule has 1 aromatic carbocycles. The molecule has 0 saturated carbocycles. The highest BCUT2D eigenvalue weighted by atomic mass is 35.5. The first-order chi connectivity index (χ1) is 13.8. The smallest absolute Gasteiger partial charge is 0.332 e. The zero-order chi connectivity index (χ0) is 21.1. The monoisotopic (exact) mass is 434 g/mol. The zero-order valence-corrected chi connectivity index (χ0v) is 17.6. The van der Waals surface area contributed by atoms with Gasteiger partial charge in [0.05, 0.1) is 17.7 Å². The lowest BCUT2D eigenvalue weighted by atomic mass is 10.2. The van der Waals surface area contributed by atoms with Gasteiger partial charge in [0.15, 0.2) is 0 Å². The molecular formula is C19H19ClN4O4S. The molecule has 0 aliphatic carbocycles. The Morgan fingerprint density at radius 3 is 2.72 bits per heavy atom. The second kappa shape index (κ2) is 8.81. The Hall–Kier alpha value is -2.62. The topological polar surface area (TPSA) is 95.2 Å². The van der Waals surface area contributed by atoms with Crippen molar-refractivity contribution in [3.8, 4) is 0 Å². The zero-order valence-electron chi connectivity index (χ0n) is 16.1. The normalized spacial score (nSPS) is 11.0. The molecule has 3 rings (SSSR count). The summed E-state index contributed by atoms with van der Waals surface area (Å²) in [6.45, 7) is 0.215. The summed E-state index contributed by atoms with van der Waals surface area (Å²) in [7, 11) is 4.49. The number of thioether (sulfide) groups is 1. The maximum absolute atomic E-state index is 12.8. The van der Waals surface area contributed by atoms with Crippen LogP contribution in [-0.4, -0.2) is 32.9 Å². The van der Waals surface area contributed by atoms with Gasteiger partial charge < -0.3 is 10.1 Å². The number of carbonyl (C=O) groups is 1. The molecule has 1 amide bonds. The van der Waals surface area contributed by atoms with Crippen LogP contribution in [0.3, 0.4) is 0 Å². The van der Waals surface area contributed by atoms with Crippen molar-refractivity contribution in [2.75, 3.05) is 18.2 Å². The molecule has 0 bridgehead atoms. The Labute approximate surface area is 175 Å². The van der Waals surface area contributed by atoms with E-state index in [2.05, 4.69) is 10.3 Å². The molecule has 0 saturated heterocycles. The summed E-state index contributed by atoms with van der Waals surface area (Å²) in [5, 5.41) is 3.57. The third-order valence-electron chi connectivity index (χ3n) is 4.25. The first kappa shape index (κ1) is 21.1. The van der Waals surface area contributed by atoms with Gasteiger partial charge in [-0.1, -0.05) is 17.7 Å². The molecule has 0 fully saturated rings. The number of benzene rings is 1. The van der Waals surface area contributed by atoms with Crippen molar-refractivity contribution in [2.24, 2.45) is 14.1 Å². The van der Waals surface area contributed by atoms with Crippen molar-refractivity contribution >= 4 is 46.0 Å². The van der Waals surface area contributed by atoms with E-state index in [0.29, 0.717) is 21.2 Å².